The van der Waals surface area contributed by atoms with E-state index in [1.807, 2.05) is 31.2 Å². The molecule has 45 heavy (non-hydrogen) atoms. The molecule has 1 aliphatic rings. The van der Waals surface area contributed by atoms with E-state index in [4.69, 9.17) is 21.4 Å². The molecular weight excluding hydrogens is 596 g/mol. The number of nitrogens with zero attached hydrogens (tertiary/aromatic N) is 4. The van der Waals surface area contributed by atoms with Crippen LogP contribution in [0.4, 0.5) is 5.69 Å². The topological polar surface area (TPSA) is 163 Å². The van der Waals surface area contributed by atoms with E-state index in [0.29, 0.717) is 71.8 Å². The molecule has 0 saturated carbocycles. The molecule has 234 valence electrons. The third-order valence-corrected chi connectivity index (χ3v) is 7.83. The number of aliphatic hydroxyl groups is 1. The van der Waals surface area contributed by atoms with Gasteiger partial charge in [0, 0.05) is 67.8 Å². The second-order valence-corrected chi connectivity index (χ2v) is 10.9. The van der Waals surface area contributed by atoms with Crippen molar-refractivity contribution in [3.8, 4) is 28.4 Å². The first-order chi connectivity index (χ1) is 21.9. The Morgan fingerprint density at radius 2 is 1.96 bits per heavy atom. The van der Waals surface area contributed by atoms with Crippen LogP contribution in [0, 0.1) is 6.92 Å². The third-order valence-electron chi connectivity index (χ3n) is 7.45. The summed E-state index contributed by atoms with van der Waals surface area (Å²) in [7, 11) is 1.54. The number of hydrogen-bond donors (Lipinski definition) is 5. The molecule has 1 unspecified atom stereocenters. The molecule has 5 rings (SSSR count). The fraction of sp³-hybridized carbons (Fsp3) is 0.312. The standard InChI is InChI=1S/C32H35ClN8O4/c1-19-22(4-3-5-24(19)40-31(44)25-8-6-20(15-37-25)14-34-12-13-42)30-29(33)23(10-11-36-30)26-18-38-27(32(41-26)45-2)17-35-16-21-7-9-28(43)39-21/h3-6,8,10-11,15,18,21,34-35,42H,7,9,12-14,16-17H2,1-2H3,(H,39,43)(H,40,44). The number of rotatable bonds is 13. The molecule has 1 aliphatic heterocycles. The molecule has 5 N–H and O–H groups in total. The second-order valence-electron chi connectivity index (χ2n) is 10.6. The number of pyridine rings is 2. The van der Waals surface area contributed by atoms with Gasteiger partial charge in [-0.05, 0) is 42.7 Å². The number of aliphatic hydroxyl groups excluding tert-OH is 1. The van der Waals surface area contributed by atoms with Gasteiger partial charge in [0.1, 0.15) is 11.4 Å². The molecule has 4 aromatic rings. The number of benzene rings is 1. The average Bonchev–Trinajstić information content (AvgIpc) is 3.47. The minimum atomic E-state index is -0.345. The molecule has 0 aliphatic carbocycles. The van der Waals surface area contributed by atoms with Gasteiger partial charge in [0.15, 0.2) is 0 Å². The summed E-state index contributed by atoms with van der Waals surface area (Å²) in [5.41, 5.74) is 5.64. The van der Waals surface area contributed by atoms with E-state index in [9.17, 15) is 9.59 Å². The van der Waals surface area contributed by atoms with Crippen molar-refractivity contribution >= 4 is 29.1 Å². The average molecular weight is 631 g/mol. The lowest BCUT2D eigenvalue weighted by atomic mass is 10.0. The van der Waals surface area contributed by atoms with Crippen molar-refractivity contribution in [2.45, 2.75) is 38.9 Å². The summed E-state index contributed by atoms with van der Waals surface area (Å²) in [6, 6.07) is 10.9. The van der Waals surface area contributed by atoms with Gasteiger partial charge < -0.3 is 31.1 Å². The number of halogens is 1. The maximum atomic E-state index is 13.0. The first-order valence-corrected chi connectivity index (χ1v) is 15.0. The molecule has 1 saturated heterocycles. The zero-order valence-electron chi connectivity index (χ0n) is 25.1. The lowest BCUT2D eigenvalue weighted by Gasteiger charge is -2.15. The van der Waals surface area contributed by atoms with Gasteiger partial charge >= 0.3 is 0 Å². The summed E-state index contributed by atoms with van der Waals surface area (Å²) in [5, 5.41) is 21.6. The van der Waals surface area contributed by atoms with Crippen molar-refractivity contribution in [3.63, 3.8) is 0 Å². The SMILES string of the molecule is COc1nc(-c2ccnc(-c3cccc(NC(=O)c4ccc(CNCCO)cn4)c3C)c2Cl)cnc1CNCC1CCC(=O)N1. The molecule has 13 heteroatoms. The predicted molar refractivity (Wildman–Crippen MR) is 171 cm³/mol. The zero-order valence-corrected chi connectivity index (χ0v) is 25.8. The minimum Gasteiger partial charge on any atom is -0.480 e. The minimum absolute atomic E-state index is 0.0516. The van der Waals surface area contributed by atoms with E-state index < -0.39 is 0 Å². The van der Waals surface area contributed by atoms with Crippen LogP contribution < -0.4 is 26.0 Å². The van der Waals surface area contributed by atoms with Crippen LogP contribution in [0.1, 0.15) is 40.2 Å². The lowest BCUT2D eigenvalue weighted by molar-refractivity contribution is -0.119. The van der Waals surface area contributed by atoms with Crippen molar-refractivity contribution in [1.82, 2.24) is 35.9 Å². The number of methoxy groups -OCH3 is 1. The predicted octanol–water partition coefficient (Wildman–Crippen LogP) is 3.27. The Bertz CT molecular complexity index is 1670. The van der Waals surface area contributed by atoms with E-state index in [2.05, 4.69) is 41.2 Å². The highest BCUT2D eigenvalue weighted by molar-refractivity contribution is 6.35. The zero-order chi connectivity index (χ0) is 31.8. The van der Waals surface area contributed by atoms with Crippen LogP contribution >= 0.6 is 11.6 Å². The Morgan fingerprint density at radius 1 is 1.09 bits per heavy atom. The highest BCUT2D eigenvalue weighted by Crippen LogP contribution is 2.37. The van der Waals surface area contributed by atoms with E-state index >= 15 is 0 Å². The first-order valence-electron chi connectivity index (χ1n) is 14.6. The van der Waals surface area contributed by atoms with E-state index in [1.165, 1.54) is 7.11 Å². The monoisotopic (exact) mass is 630 g/mol. The number of ether oxygens (including phenoxy) is 1. The Balaban J connectivity index is 1.32. The maximum absolute atomic E-state index is 13.0. The van der Waals surface area contributed by atoms with Crippen molar-refractivity contribution < 1.29 is 19.4 Å². The summed E-state index contributed by atoms with van der Waals surface area (Å²) in [6.07, 6.45) is 6.29. The number of anilines is 1. The number of nitrogens with one attached hydrogen (secondary N) is 4. The van der Waals surface area contributed by atoms with Crippen molar-refractivity contribution in [1.29, 1.82) is 0 Å². The van der Waals surface area contributed by atoms with Crippen molar-refractivity contribution in [2.24, 2.45) is 0 Å². The Labute approximate surface area is 266 Å². The molecule has 2 amide bonds. The summed E-state index contributed by atoms with van der Waals surface area (Å²) in [4.78, 5) is 42.6. The normalized spacial score (nSPS) is 14.3. The van der Waals surface area contributed by atoms with Gasteiger partial charge in [0.25, 0.3) is 5.91 Å². The van der Waals surface area contributed by atoms with Crippen LogP contribution in [-0.4, -0.2) is 69.7 Å². The van der Waals surface area contributed by atoms with Crippen LogP contribution in [0.15, 0.2) is 55.0 Å². The summed E-state index contributed by atoms with van der Waals surface area (Å²) in [5.74, 6) is 0.101. The van der Waals surface area contributed by atoms with Gasteiger partial charge in [-0.2, -0.15) is 0 Å². The van der Waals surface area contributed by atoms with Gasteiger partial charge in [-0.3, -0.25) is 24.5 Å². The Morgan fingerprint density at radius 3 is 2.69 bits per heavy atom. The number of carbonyl (C=O) groups excluding carboxylic acids is 2. The van der Waals surface area contributed by atoms with Crippen molar-refractivity contribution in [3.05, 3.63) is 82.5 Å². The van der Waals surface area contributed by atoms with E-state index in [1.54, 1.807) is 30.7 Å². The van der Waals surface area contributed by atoms with Gasteiger partial charge in [-0.25, -0.2) is 4.98 Å². The Kier molecular flexibility index (Phi) is 10.6. The quantitative estimate of drug-likeness (QED) is 0.139. The molecule has 0 bridgehead atoms. The number of hydrogen-bond acceptors (Lipinski definition) is 10. The number of amides is 2. The summed E-state index contributed by atoms with van der Waals surface area (Å²) >= 11 is 6.93. The van der Waals surface area contributed by atoms with Crippen LogP contribution in [0.5, 0.6) is 5.88 Å². The molecule has 4 heterocycles. The van der Waals surface area contributed by atoms with Gasteiger partial charge in [-0.15, -0.1) is 0 Å². The highest BCUT2D eigenvalue weighted by Gasteiger charge is 2.21. The smallest absolute Gasteiger partial charge is 0.274 e. The molecule has 3 aromatic heterocycles. The fourth-order valence-corrected chi connectivity index (χ4v) is 5.34. The van der Waals surface area contributed by atoms with Crippen LogP contribution in [0.25, 0.3) is 22.5 Å². The molecule has 1 aromatic carbocycles. The molecule has 1 atom stereocenters. The largest absolute Gasteiger partial charge is 0.480 e. The van der Waals surface area contributed by atoms with Gasteiger partial charge in [0.05, 0.1) is 36.3 Å². The number of carbonyl (C=O) groups is 2. The molecule has 0 spiro atoms. The second kappa shape index (κ2) is 15.0. The van der Waals surface area contributed by atoms with Crippen LogP contribution in [-0.2, 0) is 17.9 Å². The Hall–Kier alpha value is -4.49. The van der Waals surface area contributed by atoms with Crippen LogP contribution in [0.3, 0.4) is 0 Å². The molecule has 0 radical (unpaired) electrons. The summed E-state index contributed by atoms with van der Waals surface area (Å²) in [6.45, 7) is 4.03. The fourth-order valence-electron chi connectivity index (χ4n) is 5.03. The third kappa shape index (κ3) is 7.78. The molecular formula is C32H35ClN8O4. The van der Waals surface area contributed by atoms with Gasteiger partial charge in [0.2, 0.25) is 11.8 Å². The van der Waals surface area contributed by atoms with Crippen molar-refractivity contribution in [2.75, 3.05) is 32.1 Å². The first kappa shape index (κ1) is 31.9. The molecule has 1 fully saturated rings. The lowest BCUT2D eigenvalue weighted by Crippen LogP contribution is -2.35. The maximum Gasteiger partial charge on any atom is 0.274 e. The van der Waals surface area contributed by atoms with Crippen LogP contribution in [0.2, 0.25) is 5.02 Å². The van der Waals surface area contributed by atoms with Gasteiger partial charge in [-0.1, -0.05) is 29.8 Å². The van der Waals surface area contributed by atoms with E-state index in [-0.39, 0.29) is 30.2 Å². The number of aromatic nitrogens is 4. The molecule has 12 nitrogen and oxygen atoms in total. The highest BCUT2D eigenvalue weighted by atomic mass is 35.5. The summed E-state index contributed by atoms with van der Waals surface area (Å²) < 4.78 is 5.54. The van der Waals surface area contributed by atoms with E-state index in [0.717, 1.165) is 23.1 Å².